The van der Waals surface area contributed by atoms with E-state index in [1.54, 1.807) is 39.0 Å². The van der Waals surface area contributed by atoms with Crippen molar-refractivity contribution in [3.8, 4) is 5.75 Å². The number of alkyl carbamates (subject to hydrolysis) is 1. The molecule has 1 aromatic carbocycles. The SMILES string of the molecule is COc1cc(C=CCNC(=O)OC(C)(C)C)cc([N+](=O)[O-])c1. The summed E-state index contributed by atoms with van der Waals surface area (Å²) in [5.41, 5.74) is -0.00238. The normalized spacial score (nSPS) is 11.3. The molecule has 0 saturated carbocycles. The molecule has 1 N–H and O–H groups in total. The average molecular weight is 308 g/mol. The Labute approximate surface area is 129 Å². The van der Waals surface area contributed by atoms with E-state index in [0.717, 1.165) is 0 Å². The largest absolute Gasteiger partial charge is 0.496 e. The summed E-state index contributed by atoms with van der Waals surface area (Å²) in [7, 11) is 1.44. The molecule has 0 unspecified atom stereocenters. The summed E-state index contributed by atoms with van der Waals surface area (Å²) in [6, 6.07) is 4.43. The molecule has 22 heavy (non-hydrogen) atoms. The van der Waals surface area contributed by atoms with Gasteiger partial charge in [-0.05, 0) is 32.4 Å². The predicted octanol–water partition coefficient (Wildman–Crippen LogP) is 3.14. The van der Waals surface area contributed by atoms with Gasteiger partial charge in [0.05, 0.1) is 18.1 Å². The number of nitrogens with zero attached hydrogens (tertiary/aromatic N) is 1. The number of carbonyl (C=O) groups is 1. The van der Waals surface area contributed by atoms with Crippen molar-refractivity contribution in [2.45, 2.75) is 26.4 Å². The summed E-state index contributed by atoms with van der Waals surface area (Å²) in [5, 5.41) is 13.4. The maximum Gasteiger partial charge on any atom is 0.407 e. The molecule has 0 aliphatic heterocycles. The molecule has 0 aromatic heterocycles. The molecule has 0 atom stereocenters. The van der Waals surface area contributed by atoms with Crippen LogP contribution in [0.5, 0.6) is 5.75 Å². The van der Waals surface area contributed by atoms with E-state index in [9.17, 15) is 14.9 Å². The van der Waals surface area contributed by atoms with Crippen LogP contribution < -0.4 is 10.1 Å². The minimum Gasteiger partial charge on any atom is -0.496 e. The lowest BCUT2D eigenvalue weighted by Crippen LogP contribution is -2.32. The molecular weight excluding hydrogens is 288 g/mol. The molecule has 120 valence electrons. The highest BCUT2D eigenvalue weighted by molar-refractivity contribution is 5.68. The summed E-state index contributed by atoms with van der Waals surface area (Å²) < 4.78 is 10.1. The second-order valence-corrected chi connectivity index (χ2v) is 5.51. The molecule has 1 aromatic rings. The Morgan fingerprint density at radius 3 is 2.59 bits per heavy atom. The molecule has 0 aliphatic carbocycles. The van der Waals surface area contributed by atoms with Gasteiger partial charge in [-0.25, -0.2) is 4.79 Å². The predicted molar refractivity (Wildman–Crippen MR) is 82.9 cm³/mol. The Balaban J connectivity index is 2.65. The van der Waals surface area contributed by atoms with E-state index in [4.69, 9.17) is 9.47 Å². The van der Waals surface area contributed by atoms with Gasteiger partial charge in [0, 0.05) is 12.6 Å². The highest BCUT2D eigenvalue weighted by Crippen LogP contribution is 2.23. The Hall–Kier alpha value is -2.57. The van der Waals surface area contributed by atoms with Gasteiger partial charge in [0.1, 0.15) is 11.4 Å². The van der Waals surface area contributed by atoms with Crippen molar-refractivity contribution in [3.05, 3.63) is 40.0 Å². The minimum atomic E-state index is -0.554. The molecule has 1 amide bonds. The molecular formula is C15H20N2O5. The van der Waals surface area contributed by atoms with Crippen LogP contribution in [0.3, 0.4) is 0 Å². The van der Waals surface area contributed by atoms with Gasteiger partial charge in [0.15, 0.2) is 0 Å². The van der Waals surface area contributed by atoms with Crippen molar-refractivity contribution in [2.75, 3.05) is 13.7 Å². The molecule has 7 nitrogen and oxygen atoms in total. The van der Waals surface area contributed by atoms with Crippen LogP contribution in [0.25, 0.3) is 6.08 Å². The van der Waals surface area contributed by atoms with Gasteiger partial charge >= 0.3 is 6.09 Å². The Morgan fingerprint density at radius 1 is 1.36 bits per heavy atom. The maximum absolute atomic E-state index is 11.4. The van der Waals surface area contributed by atoms with E-state index in [2.05, 4.69) is 5.32 Å². The number of carbonyl (C=O) groups excluding carboxylic acids is 1. The number of non-ortho nitro benzene ring substituents is 1. The van der Waals surface area contributed by atoms with E-state index in [1.807, 2.05) is 0 Å². The van der Waals surface area contributed by atoms with Gasteiger partial charge in [0.2, 0.25) is 0 Å². The van der Waals surface area contributed by atoms with Crippen LogP contribution in [0.15, 0.2) is 24.3 Å². The number of nitrogens with one attached hydrogen (secondary N) is 1. The number of nitro benzene ring substituents is 1. The van der Waals surface area contributed by atoms with Gasteiger partial charge in [-0.2, -0.15) is 0 Å². The van der Waals surface area contributed by atoms with Gasteiger partial charge in [-0.3, -0.25) is 10.1 Å². The van der Waals surface area contributed by atoms with Crippen molar-refractivity contribution in [2.24, 2.45) is 0 Å². The molecule has 0 heterocycles. The smallest absolute Gasteiger partial charge is 0.407 e. The minimum absolute atomic E-state index is 0.0564. The zero-order chi connectivity index (χ0) is 16.8. The number of methoxy groups -OCH3 is 1. The highest BCUT2D eigenvalue weighted by atomic mass is 16.6. The number of ether oxygens (including phenoxy) is 2. The quantitative estimate of drug-likeness (QED) is 0.666. The van der Waals surface area contributed by atoms with E-state index in [0.29, 0.717) is 11.3 Å². The van der Waals surface area contributed by atoms with Gasteiger partial charge in [0.25, 0.3) is 5.69 Å². The van der Waals surface area contributed by atoms with Gasteiger partial charge in [-0.1, -0.05) is 12.2 Å². The fourth-order valence-electron chi connectivity index (χ4n) is 1.58. The summed E-state index contributed by atoms with van der Waals surface area (Å²) >= 11 is 0. The van der Waals surface area contributed by atoms with Crippen LogP contribution in [-0.4, -0.2) is 30.3 Å². The van der Waals surface area contributed by atoms with Crippen LogP contribution in [0.1, 0.15) is 26.3 Å². The zero-order valence-corrected chi connectivity index (χ0v) is 13.1. The Bertz CT molecular complexity index is 576. The van der Waals surface area contributed by atoms with E-state index >= 15 is 0 Å². The average Bonchev–Trinajstić information content (AvgIpc) is 2.41. The first-order valence-corrected chi connectivity index (χ1v) is 6.68. The van der Waals surface area contributed by atoms with Crippen molar-refractivity contribution >= 4 is 17.9 Å². The zero-order valence-electron chi connectivity index (χ0n) is 13.1. The number of nitro groups is 1. The number of amides is 1. The third-order valence-electron chi connectivity index (χ3n) is 2.43. The Kier molecular flexibility index (Phi) is 5.91. The second-order valence-electron chi connectivity index (χ2n) is 5.51. The molecule has 7 heteroatoms. The first kappa shape index (κ1) is 17.5. The topological polar surface area (TPSA) is 90.7 Å². The first-order valence-electron chi connectivity index (χ1n) is 6.68. The lowest BCUT2D eigenvalue weighted by molar-refractivity contribution is -0.384. The molecule has 0 bridgehead atoms. The van der Waals surface area contributed by atoms with E-state index in [-0.39, 0.29) is 12.2 Å². The van der Waals surface area contributed by atoms with Crippen LogP contribution in [-0.2, 0) is 4.74 Å². The molecule has 0 radical (unpaired) electrons. The van der Waals surface area contributed by atoms with E-state index < -0.39 is 16.6 Å². The third-order valence-corrected chi connectivity index (χ3v) is 2.43. The Morgan fingerprint density at radius 2 is 2.05 bits per heavy atom. The van der Waals surface area contributed by atoms with Crippen LogP contribution >= 0.6 is 0 Å². The van der Waals surface area contributed by atoms with Crippen molar-refractivity contribution in [1.29, 1.82) is 0 Å². The maximum atomic E-state index is 11.4. The fourth-order valence-corrected chi connectivity index (χ4v) is 1.58. The molecule has 0 aliphatic rings. The lowest BCUT2D eigenvalue weighted by atomic mass is 10.1. The monoisotopic (exact) mass is 308 g/mol. The first-order chi connectivity index (χ1) is 10.2. The molecule has 0 fully saturated rings. The molecule has 0 saturated heterocycles. The molecule has 0 spiro atoms. The number of hydrogen-bond donors (Lipinski definition) is 1. The van der Waals surface area contributed by atoms with Crippen molar-refractivity contribution < 1.29 is 19.2 Å². The van der Waals surface area contributed by atoms with Crippen molar-refractivity contribution in [1.82, 2.24) is 5.32 Å². The summed E-state index contributed by atoms with van der Waals surface area (Å²) in [6.45, 7) is 5.58. The number of benzene rings is 1. The number of hydrogen-bond acceptors (Lipinski definition) is 5. The molecule has 1 rings (SSSR count). The van der Waals surface area contributed by atoms with E-state index in [1.165, 1.54) is 19.2 Å². The second kappa shape index (κ2) is 7.44. The van der Waals surface area contributed by atoms with Gasteiger partial charge in [-0.15, -0.1) is 0 Å². The summed E-state index contributed by atoms with van der Waals surface area (Å²) in [4.78, 5) is 21.8. The van der Waals surface area contributed by atoms with Crippen LogP contribution in [0.4, 0.5) is 10.5 Å². The highest BCUT2D eigenvalue weighted by Gasteiger charge is 2.15. The van der Waals surface area contributed by atoms with Crippen LogP contribution in [0.2, 0.25) is 0 Å². The van der Waals surface area contributed by atoms with Crippen molar-refractivity contribution in [3.63, 3.8) is 0 Å². The summed E-state index contributed by atoms with van der Waals surface area (Å²) in [6.07, 6.45) is 2.81. The lowest BCUT2D eigenvalue weighted by Gasteiger charge is -2.19. The fraction of sp³-hybridized carbons (Fsp3) is 0.400. The van der Waals surface area contributed by atoms with Crippen LogP contribution in [0, 0.1) is 10.1 Å². The standard InChI is InChI=1S/C15H20N2O5/c1-15(2,3)22-14(18)16-7-5-6-11-8-12(17(19)20)10-13(9-11)21-4/h5-6,8-10H,7H2,1-4H3,(H,16,18). The van der Waals surface area contributed by atoms with Gasteiger partial charge < -0.3 is 14.8 Å². The number of rotatable bonds is 5. The summed E-state index contributed by atoms with van der Waals surface area (Å²) in [5.74, 6) is 0.397. The third kappa shape index (κ3) is 6.25.